The summed E-state index contributed by atoms with van der Waals surface area (Å²) in [4.78, 5) is 12.1. The maximum atomic E-state index is 12.9. The van der Waals surface area contributed by atoms with Crippen LogP contribution in [0.5, 0.6) is 0 Å². The molecule has 2 aromatic carbocycles. The van der Waals surface area contributed by atoms with Crippen molar-refractivity contribution in [3.63, 3.8) is 0 Å². The SMILES string of the molecule is CCOC(=O)/C(=C/Nc1ccc(F)cc1)c1ccc(Cl)cc1. The van der Waals surface area contributed by atoms with Crippen molar-refractivity contribution in [3.8, 4) is 0 Å². The molecule has 0 unspecified atom stereocenters. The van der Waals surface area contributed by atoms with Crippen LogP contribution in [0.15, 0.2) is 54.7 Å². The Morgan fingerprint density at radius 1 is 1.18 bits per heavy atom. The first-order valence-corrected chi connectivity index (χ1v) is 7.13. The number of halogens is 2. The molecule has 0 radical (unpaired) electrons. The minimum atomic E-state index is -0.445. The highest BCUT2D eigenvalue weighted by Gasteiger charge is 2.13. The average Bonchev–Trinajstić information content (AvgIpc) is 2.51. The van der Waals surface area contributed by atoms with Crippen molar-refractivity contribution in [2.45, 2.75) is 6.92 Å². The van der Waals surface area contributed by atoms with Gasteiger partial charge in [-0.2, -0.15) is 0 Å². The normalized spacial score (nSPS) is 11.1. The van der Waals surface area contributed by atoms with Crippen LogP contribution >= 0.6 is 11.6 Å². The number of hydrogen-bond donors (Lipinski definition) is 1. The Morgan fingerprint density at radius 2 is 1.82 bits per heavy atom. The summed E-state index contributed by atoms with van der Waals surface area (Å²) in [6, 6.07) is 12.7. The lowest BCUT2D eigenvalue weighted by Crippen LogP contribution is -2.08. The molecular formula is C17H15ClFNO2. The minimum absolute atomic E-state index is 0.278. The van der Waals surface area contributed by atoms with Crippen molar-refractivity contribution in [2.24, 2.45) is 0 Å². The van der Waals surface area contributed by atoms with E-state index in [1.54, 1.807) is 43.3 Å². The van der Waals surface area contributed by atoms with Crippen molar-refractivity contribution in [3.05, 3.63) is 71.1 Å². The second-order valence-corrected chi connectivity index (χ2v) is 4.87. The number of benzene rings is 2. The van der Waals surface area contributed by atoms with Gasteiger partial charge in [-0.15, -0.1) is 0 Å². The molecule has 1 N–H and O–H groups in total. The van der Waals surface area contributed by atoms with Crippen LogP contribution in [0.2, 0.25) is 5.02 Å². The van der Waals surface area contributed by atoms with E-state index < -0.39 is 5.97 Å². The van der Waals surface area contributed by atoms with Crippen LogP contribution in [-0.2, 0) is 9.53 Å². The minimum Gasteiger partial charge on any atom is -0.462 e. The second-order valence-electron chi connectivity index (χ2n) is 4.44. The van der Waals surface area contributed by atoms with Gasteiger partial charge in [-0.05, 0) is 48.9 Å². The van der Waals surface area contributed by atoms with E-state index in [-0.39, 0.29) is 12.4 Å². The van der Waals surface area contributed by atoms with Crippen LogP contribution in [0.25, 0.3) is 5.57 Å². The molecule has 0 aliphatic carbocycles. The third-order valence-corrected chi connectivity index (χ3v) is 3.13. The summed E-state index contributed by atoms with van der Waals surface area (Å²) in [5, 5.41) is 3.54. The van der Waals surface area contributed by atoms with Crippen molar-refractivity contribution >= 4 is 28.8 Å². The summed E-state index contributed by atoms with van der Waals surface area (Å²) >= 11 is 5.86. The quantitative estimate of drug-likeness (QED) is 0.651. The maximum absolute atomic E-state index is 12.9. The summed E-state index contributed by atoms with van der Waals surface area (Å²) in [5.74, 6) is -0.766. The van der Waals surface area contributed by atoms with Gasteiger partial charge in [0.15, 0.2) is 0 Å². The first kappa shape index (κ1) is 16.0. The maximum Gasteiger partial charge on any atom is 0.340 e. The Kier molecular flexibility index (Phi) is 5.55. The summed E-state index contributed by atoms with van der Waals surface area (Å²) in [6.07, 6.45) is 1.54. The molecule has 0 amide bonds. The molecule has 114 valence electrons. The molecule has 0 atom stereocenters. The van der Waals surface area contributed by atoms with E-state index >= 15 is 0 Å². The Morgan fingerprint density at radius 3 is 2.41 bits per heavy atom. The lowest BCUT2D eigenvalue weighted by molar-refractivity contribution is -0.136. The van der Waals surface area contributed by atoms with Crippen molar-refractivity contribution in [2.75, 3.05) is 11.9 Å². The van der Waals surface area contributed by atoms with E-state index in [2.05, 4.69) is 5.32 Å². The zero-order valence-electron chi connectivity index (χ0n) is 12.0. The number of carbonyl (C=O) groups excluding carboxylic acids is 1. The number of carbonyl (C=O) groups is 1. The molecule has 0 saturated carbocycles. The molecule has 3 nitrogen and oxygen atoms in total. The molecule has 22 heavy (non-hydrogen) atoms. The van der Waals surface area contributed by atoms with Crippen LogP contribution in [0.1, 0.15) is 12.5 Å². The Labute approximate surface area is 133 Å². The lowest BCUT2D eigenvalue weighted by atomic mass is 10.1. The molecule has 0 aliphatic rings. The van der Waals surface area contributed by atoms with E-state index in [0.29, 0.717) is 21.8 Å². The Bertz CT molecular complexity index is 666. The van der Waals surface area contributed by atoms with Gasteiger partial charge < -0.3 is 10.1 Å². The van der Waals surface area contributed by atoms with Gasteiger partial charge in [0.2, 0.25) is 0 Å². The fourth-order valence-corrected chi connectivity index (χ4v) is 1.93. The fourth-order valence-electron chi connectivity index (χ4n) is 1.80. The number of hydrogen-bond acceptors (Lipinski definition) is 3. The van der Waals surface area contributed by atoms with Crippen LogP contribution in [0, 0.1) is 5.82 Å². The predicted octanol–water partition coefficient (Wildman–Crippen LogP) is 4.50. The molecular weight excluding hydrogens is 305 g/mol. The zero-order valence-corrected chi connectivity index (χ0v) is 12.7. The molecule has 0 spiro atoms. The number of anilines is 1. The topological polar surface area (TPSA) is 38.3 Å². The van der Waals surface area contributed by atoms with Crippen molar-refractivity contribution in [1.29, 1.82) is 0 Å². The van der Waals surface area contributed by atoms with Crippen LogP contribution in [0.3, 0.4) is 0 Å². The van der Waals surface area contributed by atoms with Gasteiger partial charge >= 0.3 is 5.97 Å². The monoisotopic (exact) mass is 319 g/mol. The standard InChI is InChI=1S/C17H15ClFNO2/c1-2-22-17(21)16(12-3-5-13(18)6-4-12)11-20-15-9-7-14(19)8-10-15/h3-11,20H,2H2,1H3/b16-11+. The zero-order chi connectivity index (χ0) is 15.9. The van der Waals surface area contributed by atoms with E-state index in [9.17, 15) is 9.18 Å². The van der Waals surface area contributed by atoms with Gasteiger partial charge in [-0.25, -0.2) is 9.18 Å². The molecule has 5 heteroatoms. The number of nitrogens with one attached hydrogen (secondary N) is 1. The van der Waals surface area contributed by atoms with E-state index in [1.165, 1.54) is 18.3 Å². The summed E-state index contributed by atoms with van der Waals surface area (Å²) in [5.41, 5.74) is 1.71. The molecule has 0 aromatic heterocycles. The highest BCUT2D eigenvalue weighted by atomic mass is 35.5. The molecule has 2 rings (SSSR count). The smallest absolute Gasteiger partial charge is 0.340 e. The first-order chi connectivity index (χ1) is 10.6. The third kappa shape index (κ3) is 4.33. The third-order valence-electron chi connectivity index (χ3n) is 2.88. The lowest BCUT2D eigenvalue weighted by Gasteiger charge is -2.09. The Hall–Kier alpha value is -2.33. The van der Waals surface area contributed by atoms with E-state index in [0.717, 1.165) is 0 Å². The number of ether oxygens (including phenoxy) is 1. The largest absolute Gasteiger partial charge is 0.462 e. The summed E-state index contributed by atoms with van der Waals surface area (Å²) in [7, 11) is 0. The van der Waals surface area contributed by atoms with Crippen LogP contribution < -0.4 is 5.32 Å². The molecule has 0 saturated heterocycles. The highest BCUT2D eigenvalue weighted by molar-refractivity contribution is 6.30. The van der Waals surface area contributed by atoms with Gasteiger partial charge in [0, 0.05) is 16.9 Å². The second kappa shape index (κ2) is 7.61. The van der Waals surface area contributed by atoms with Gasteiger partial charge in [0.25, 0.3) is 0 Å². The predicted molar refractivity (Wildman–Crippen MR) is 86.1 cm³/mol. The van der Waals surface area contributed by atoms with Gasteiger partial charge in [-0.3, -0.25) is 0 Å². The van der Waals surface area contributed by atoms with Crippen LogP contribution in [-0.4, -0.2) is 12.6 Å². The van der Waals surface area contributed by atoms with Crippen molar-refractivity contribution in [1.82, 2.24) is 0 Å². The highest BCUT2D eigenvalue weighted by Crippen LogP contribution is 2.20. The van der Waals surface area contributed by atoms with Gasteiger partial charge in [0.05, 0.1) is 12.2 Å². The van der Waals surface area contributed by atoms with Gasteiger partial charge in [0.1, 0.15) is 5.82 Å². The van der Waals surface area contributed by atoms with Crippen molar-refractivity contribution < 1.29 is 13.9 Å². The van der Waals surface area contributed by atoms with E-state index in [4.69, 9.17) is 16.3 Å². The molecule has 0 aliphatic heterocycles. The van der Waals surface area contributed by atoms with Gasteiger partial charge in [-0.1, -0.05) is 23.7 Å². The summed E-state index contributed by atoms with van der Waals surface area (Å²) in [6.45, 7) is 2.02. The average molecular weight is 320 g/mol. The number of esters is 1. The molecule has 2 aromatic rings. The summed E-state index contributed by atoms with van der Waals surface area (Å²) < 4.78 is 17.9. The molecule has 0 heterocycles. The Balaban J connectivity index is 2.27. The van der Waals surface area contributed by atoms with E-state index in [1.807, 2.05) is 0 Å². The number of rotatable bonds is 5. The molecule has 0 fully saturated rings. The first-order valence-electron chi connectivity index (χ1n) is 6.75. The van der Waals surface area contributed by atoms with Crippen LogP contribution in [0.4, 0.5) is 10.1 Å². The molecule has 0 bridgehead atoms. The fraction of sp³-hybridized carbons (Fsp3) is 0.118.